The van der Waals surface area contributed by atoms with Crippen LogP contribution in [0.4, 0.5) is 0 Å². The van der Waals surface area contributed by atoms with Gasteiger partial charge in [-0.1, -0.05) is 50.6 Å². The summed E-state index contributed by atoms with van der Waals surface area (Å²) in [6.07, 6.45) is 9.71. The number of hydrogen-bond acceptors (Lipinski definition) is 2. The summed E-state index contributed by atoms with van der Waals surface area (Å²) in [4.78, 5) is 2.80. The maximum Gasteiger partial charge on any atom is 0.0239 e. The van der Waals surface area contributed by atoms with E-state index >= 15 is 0 Å². The highest BCUT2D eigenvalue weighted by Gasteiger charge is 2.43. The first-order valence-corrected chi connectivity index (χ1v) is 9.67. The summed E-state index contributed by atoms with van der Waals surface area (Å²) in [6.45, 7) is 6.06. The number of hydrogen-bond donors (Lipinski definition) is 1. The standard InChI is InChI=1S/C21H32N2/c1-21(2)12-6-9-20(21)22-17-13-18-10-11-19(14-17)23(18)15-16-7-4-3-5-8-16/h3-5,7-8,17-20,22H,6,9-15H2,1-2H3/t17?,18-,19+,20-/m1/s1. The summed E-state index contributed by atoms with van der Waals surface area (Å²) in [6, 6.07) is 14.1. The van der Waals surface area contributed by atoms with Crippen LogP contribution in [0.15, 0.2) is 30.3 Å². The van der Waals surface area contributed by atoms with Gasteiger partial charge in [0.25, 0.3) is 0 Å². The molecule has 0 spiro atoms. The van der Waals surface area contributed by atoms with Gasteiger partial charge in [-0.25, -0.2) is 0 Å². The fourth-order valence-electron chi connectivity index (χ4n) is 5.38. The van der Waals surface area contributed by atoms with Crippen molar-refractivity contribution in [1.29, 1.82) is 0 Å². The van der Waals surface area contributed by atoms with Crippen molar-refractivity contribution in [3.8, 4) is 0 Å². The van der Waals surface area contributed by atoms with Gasteiger partial charge in [-0.05, 0) is 49.5 Å². The van der Waals surface area contributed by atoms with Gasteiger partial charge in [0.15, 0.2) is 0 Å². The fourth-order valence-corrected chi connectivity index (χ4v) is 5.38. The molecule has 3 aliphatic rings. The molecular formula is C21H32N2. The molecule has 1 saturated carbocycles. The highest BCUT2D eigenvalue weighted by Crippen LogP contribution is 2.41. The molecule has 4 atom stereocenters. The molecule has 4 rings (SSSR count). The first-order chi connectivity index (χ1) is 11.1. The molecule has 1 aromatic carbocycles. The van der Waals surface area contributed by atoms with Crippen LogP contribution in [0.1, 0.15) is 64.4 Å². The monoisotopic (exact) mass is 312 g/mol. The van der Waals surface area contributed by atoms with E-state index in [0.717, 1.165) is 30.7 Å². The molecule has 126 valence electrons. The zero-order valence-electron chi connectivity index (χ0n) is 14.8. The molecule has 0 aromatic heterocycles. The number of fused-ring (bicyclic) bond motifs is 2. The van der Waals surface area contributed by atoms with Crippen LogP contribution in [0.3, 0.4) is 0 Å². The highest BCUT2D eigenvalue weighted by molar-refractivity contribution is 5.15. The first-order valence-electron chi connectivity index (χ1n) is 9.67. The van der Waals surface area contributed by atoms with E-state index in [1.807, 2.05) is 0 Å². The average Bonchev–Trinajstić information content (AvgIpc) is 2.97. The van der Waals surface area contributed by atoms with Crippen molar-refractivity contribution >= 4 is 0 Å². The second-order valence-electron chi connectivity index (χ2n) is 8.81. The third kappa shape index (κ3) is 3.21. The second-order valence-corrected chi connectivity index (χ2v) is 8.81. The zero-order chi connectivity index (χ0) is 15.9. The minimum absolute atomic E-state index is 0.500. The van der Waals surface area contributed by atoms with Gasteiger partial charge < -0.3 is 5.32 Å². The van der Waals surface area contributed by atoms with E-state index in [2.05, 4.69) is 54.4 Å². The molecule has 0 radical (unpaired) electrons. The molecule has 1 N–H and O–H groups in total. The Bertz CT molecular complexity index is 510. The molecule has 2 aliphatic heterocycles. The van der Waals surface area contributed by atoms with E-state index < -0.39 is 0 Å². The predicted octanol–water partition coefficient (Wildman–Crippen LogP) is 4.35. The second kappa shape index (κ2) is 6.22. The molecule has 0 amide bonds. The Hall–Kier alpha value is -0.860. The lowest BCUT2D eigenvalue weighted by Crippen LogP contribution is -2.52. The van der Waals surface area contributed by atoms with E-state index in [4.69, 9.17) is 0 Å². The number of piperidine rings is 1. The van der Waals surface area contributed by atoms with Gasteiger partial charge in [0.05, 0.1) is 0 Å². The summed E-state index contributed by atoms with van der Waals surface area (Å²) in [7, 11) is 0. The maximum absolute atomic E-state index is 4.07. The third-order valence-electron chi connectivity index (χ3n) is 6.79. The lowest BCUT2D eigenvalue weighted by atomic mass is 9.85. The number of benzene rings is 1. The minimum Gasteiger partial charge on any atom is -0.311 e. The summed E-state index contributed by atoms with van der Waals surface area (Å²) in [5, 5.41) is 4.07. The van der Waals surface area contributed by atoms with Crippen LogP contribution in [0.5, 0.6) is 0 Å². The van der Waals surface area contributed by atoms with Crippen LogP contribution < -0.4 is 5.32 Å². The lowest BCUT2D eigenvalue weighted by Gasteiger charge is -2.42. The maximum atomic E-state index is 4.07. The zero-order valence-corrected chi connectivity index (χ0v) is 14.8. The van der Waals surface area contributed by atoms with E-state index in [0.29, 0.717) is 5.41 Å². The van der Waals surface area contributed by atoms with E-state index in [1.54, 1.807) is 0 Å². The Morgan fingerprint density at radius 1 is 1.04 bits per heavy atom. The molecule has 23 heavy (non-hydrogen) atoms. The van der Waals surface area contributed by atoms with Gasteiger partial charge in [-0.15, -0.1) is 0 Å². The molecule has 2 heteroatoms. The van der Waals surface area contributed by atoms with Crippen LogP contribution in [0.25, 0.3) is 0 Å². The largest absolute Gasteiger partial charge is 0.311 e. The first kappa shape index (κ1) is 15.7. The summed E-state index contributed by atoms with van der Waals surface area (Å²) in [5.74, 6) is 0. The summed E-state index contributed by atoms with van der Waals surface area (Å²) in [5.41, 5.74) is 1.98. The van der Waals surface area contributed by atoms with Crippen LogP contribution in [0.2, 0.25) is 0 Å². The Morgan fingerprint density at radius 2 is 1.74 bits per heavy atom. The Kier molecular flexibility index (Phi) is 4.23. The molecule has 2 heterocycles. The predicted molar refractivity (Wildman–Crippen MR) is 96.4 cm³/mol. The van der Waals surface area contributed by atoms with Gasteiger partial charge >= 0.3 is 0 Å². The molecular weight excluding hydrogens is 280 g/mol. The van der Waals surface area contributed by atoms with E-state index in [9.17, 15) is 0 Å². The Labute approximate surface area is 141 Å². The van der Waals surface area contributed by atoms with Crippen molar-refractivity contribution < 1.29 is 0 Å². The van der Waals surface area contributed by atoms with Gasteiger partial charge in [0.1, 0.15) is 0 Å². The quantitative estimate of drug-likeness (QED) is 0.889. The highest BCUT2D eigenvalue weighted by atomic mass is 15.2. The van der Waals surface area contributed by atoms with Crippen LogP contribution in [-0.2, 0) is 6.54 Å². The molecule has 2 saturated heterocycles. The van der Waals surface area contributed by atoms with E-state index in [-0.39, 0.29) is 0 Å². The van der Waals surface area contributed by atoms with Gasteiger partial charge in [-0.3, -0.25) is 4.90 Å². The average molecular weight is 313 g/mol. The van der Waals surface area contributed by atoms with Gasteiger partial charge in [0, 0.05) is 30.7 Å². The molecule has 3 fully saturated rings. The van der Waals surface area contributed by atoms with Crippen molar-refractivity contribution in [2.24, 2.45) is 5.41 Å². The third-order valence-corrected chi connectivity index (χ3v) is 6.79. The molecule has 2 nitrogen and oxygen atoms in total. The molecule has 1 unspecified atom stereocenters. The van der Waals surface area contributed by atoms with Crippen LogP contribution in [-0.4, -0.2) is 29.1 Å². The Morgan fingerprint density at radius 3 is 2.35 bits per heavy atom. The number of nitrogens with one attached hydrogen (secondary N) is 1. The van der Waals surface area contributed by atoms with Crippen molar-refractivity contribution in [3.63, 3.8) is 0 Å². The molecule has 1 aliphatic carbocycles. The van der Waals surface area contributed by atoms with Crippen LogP contribution in [0, 0.1) is 5.41 Å². The van der Waals surface area contributed by atoms with Crippen molar-refractivity contribution in [3.05, 3.63) is 35.9 Å². The normalized spacial score (nSPS) is 36.4. The van der Waals surface area contributed by atoms with Gasteiger partial charge in [-0.2, -0.15) is 0 Å². The summed E-state index contributed by atoms with van der Waals surface area (Å²) >= 11 is 0. The minimum atomic E-state index is 0.500. The van der Waals surface area contributed by atoms with Gasteiger partial charge in [0.2, 0.25) is 0 Å². The number of nitrogens with zero attached hydrogens (tertiary/aromatic N) is 1. The Balaban J connectivity index is 1.38. The fraction of sp³-hybridized carbons (Fsp3) is 0.714. The lowest BCUT2D eigenvalue weighted by molar-refractivity contribution is 0.0979. The molecule has 2 bridgehead atoms. The summed E-state index contributed by atoms with van der Waals surface area (Å²) < 4.78 is 0. The molecule has 1 aromatic rings. The van der Waals surface area contributed by atoms with Crippen molar-refractivity contribution in [2.45, 2.75) is 89.5 Å². The smallest absolute Gasteiger partial charge is 0.0239 e. The number of rotatable bonds is 4. The SMILES string of the molecule is CC1(C)CCC[C@H]1NC1C[C@H]2CC[C@@H](C1)N2Cc1ccccc1. The van der Waals surface area contributed by atoms with E-state index in [1.165, 1.54) is 50.5 Å². The van der Waals surface area contributed by atoms with Crippen LogP contribution >= 0.6 is 0 Å². The van der Waals surface area contributed by atoms with Crippen molar-refractivity contribution in [2.75, 3.05) is 0 Å². The topological polar surface area (TPSA) is 15.3 Å². The van der Waals surface area contributed by atoms with Crippen molar-refractivity contribution in [1.82, 2.24) is 10.2 Å².